The second-order valence-corrected chi connectivity index (χ2v) is 5.67. The zero-order chi connectivity index (χ0) is 13.7. The van der Waals surface area contributed by atoms with Crippen LogP contribution in [-0.2, 0) is 6.54 Å². The summed E-state index contributed by atoms with van der Waals surface area (Å²) >= 11 is 0. The van der Waals surface area contributed by atoms with Gasteiger partial charge in [0.25, 0.3) is 0 Å². The van der Waals surface area contributed by atoms with Gasteiger partial charge in [-0.1, -0.05) is 20.3 Å². The van der Waals surface area contributed by atoms with E-state index in [0.29, 0.717) is 12.6 Å². The standard InChI is InChI=1S/C15H28N4/c1-3-7-19-12-17-10-15(19)14(9-16)18-8-5-6-13(4-2)11-18/h10,12-14H,3-9,11,16H2,1-2H3. The lowest BCUT2D eigenvalue weighted by molar-refractivity contribution is 0.120. The lowest BCUT2D eigenvalue weighted by Crippen LogP contribution is -2.41. The van der Waals surface area contributed by atoms with Gasteiger partial charge in [0.2, 0.25) is 0 Å². The molecule has 0 spiro atoms. The summed E-state index contributed by atoms with van der Waals surface area (Å²) in [7, 11) is 0. The largest absolute Gasteiger partial charge is 0.333 e. The molecule has 0 saturated carbocycles. The zero-order valence-corrected chi connectivity index (χ0v) is 12.4. The van der Waals surface area contributed by atoms with E-state index in [0.717, 1.165) is 18.9 Å². The molecule has 0 aliphatic carbocycles. The van der Waals surface area contributed by atoms with Gasteiger partial charge in [-0.15, -0.1) is 0 Å². The molecule has 1 aromatic heterocycles. The van der Waals surface area contributed by atoms with Crippen LogP contribution in [0.15, 0.2) is 12.5 Å². The molecule has 1 aliphatic rings. The lowest BCUT2D eigenvalue weighted by atomic mass is 9.94. The maximum Gasteiger partial charge on any atom is 0.0948 e. The number of hydrogen-bond acceptors (Lipinski definition) is 3. The van der Waals surface area contributed by atoms with Crippen molar-refractivity contribution in [3.8, 4) is 0 Å². The Balaban J connectivity index is 2.12. The van der Waals surface area contributed by atoms with Gasteiger partial charge in [-0.3, -0.25) is 4.90 Å². The van der Waals surface area contributed by atoms with Crippen molar-refractivity contribution >= 4 is 0 Å². The number of nitrogens with zero attached hydrogens (tertiary/aromatic N) is 3. The van der Waals surface area contributed by atoms with E-state index in [1.54, 1.807) is 0 Å². The van der Waals surface area contributed by atoms with Crippen molar-refractivity contribution in [2.24, 2.45) is 11.7 Å². The third-order valence-electron chi connectivity index (χ3n) is 4.34. The molecule has 4 heteroatoms. The summed E-state index contributed by atoms with van der Waals surface area (Å²) in [6, 6.07) is 0.336. The Bertz CT molecular complexity index is 374. The van der Waals surface area contributed by atoms with Gasteiger partial charge in [-0.2, -0.15) is 0 Å². The van der Waals surface area contributed by atoms with Gasteiger partial charge < -0.3 is 10.3 Å². The van der Waals surface area contributed by atoms with Crippen molar-refractivity contribution < 1.29 is 0 Å². The number of nitrogens with two attached hydrogens (primary N) is 1. The smallest absolute Gasteiger partial charge is 0.0948 e. The molecule has 2 heterocycles. The summed E-state index contributed by atoms with van der Waals surface area (Å²) in [5, 5.41) is 0. The van der Waals surface area contributed by atoms with Crippen LogP contribution in [0.3, 0.4) is 0 Å². The summed E-state index contributed by atoms with van der Waals surface area (Å²) in [6.07, 6.45) is 9.04. The fraction of sp³-hybridized carbons (Fsp3) is 0.800. The first kappa shape index (κ1) is 14.5. The van der Waals surface area contributed by atoms with E-state index in [2.05, 4.69) is 28.3 Å². The molecule has 0 amide bonds. The van der Waals surface area contributed by atoms with Crippen molar-refractivity contribution in [3.05, 3.63) is 18.2 Å². The number of imidazole rings is 1. The second-order valence-electron chi connectivity index (χ2n) is 5.67. The molecule has 108 valence electrons. The minimum Gasteiger partial charge on any atom is -0.333 e. The molecule has 4 nitrogen and oxygen atoms in total. The Kier molecular flexibility index (Phi) is 5.40. The second kappa shape index (κ2) is 7.06. The Labute approximate surface area is 117 Å². The van der Waals surface area contributed by atoms with Crippen LogP contribution in [0.25, 0.3) is 0 Å². The highest BCUT2D eigenvalue weighted by Crippen LogP contribution is 2.27. The van der Waals surface area contributed by atoms with E-state index in [-0.39, 0.29) is 0 Å². The summed E-state index contributed by atoms with van der Waals surface area (Å²) in [5.41, 5.74) is 7.36. The number of hydrogen-bond donors (Lipinski definition) is 1. The summed E-state index contributed by atoms with van der Waals surface area (Å²) in [5.74, 6) is 0.838. The van der Waals surface area contributed by atoms with E-state index in [4.69, 9.17) is 5.73 Å². The predicted molar refractivity (Wildman–Crippen MR) is 78.9 cm³/mol. The minimum absolute atomic E-state index is 0.336. The van der Waals surface area contributed by atoms with Crippen LogP contribution >= 0.6 is 0 Å². The first-order valence-electron chi connectivity index (χ1n) is 7.74. The number of likely N-dealkylation sites (tertiary alicyclic amines) is 1. The molecule has 2 unspecified atom stereocenters. The lowest BCUT2D eigenvalue weighted by Gasteiger charge is -2.37. The molecule has 2 atom stereocenters. The van der Waals surface area contributed by atoms with Gasteiger partial charge in [-0.05, 0) is 31.7 Å². The van der Waals surface area contributed by atoms with Crippen molar-refractivity contribution in [3.63, 3.8) is 0 Å². The third-order valence-corrected chi connectivity index (χ3v) is 4.34. The maximum atomic E-state index is 6.06. The van der Waals surface area contributed by atoms with E-state index >= 15 is 0 Å². The highest BCUT2D eigenvalue weighted by Gasteiger charge is 2.27. The first-order valence-corrected chi connectivity index (χ1v) is 7.74. The molecule has 1 saturated heterocycles. The minimum atomic E-state index is 0.336. The van der Waals surface area contributed by atoms with Crippen LogP contribution in [-0.4, -0.2) is 34.1 Å². The fourth-order valence-electron chi connectivity index (χ4n) is 3.21. The van der Waals surface area contributed by atoms with Crippen molar-refractivity contribution in [1.29, 1.82) is 0 Å². The molecule has 1 fully saturated rings. The topological polar surface area (TPSA) is 47.1 Å². The van der Waals surface area contributed by atoms with Crippen molar-refractivity contribution in [2.75, 3.05) is 19.6 Å². The average molecular weight is 264 g/mol. The third kappa shape index (κ3) is 3.37. The Morgan fingerprint density at radius 1 is 1.47 bits per heavy atom. The van der Waals surface area contributed by atoms with Gasteiger partial charge in [0.15, 0.2) is 0 Å². The zero-order valence-electron chi connectivity index (χ0n) is 12.4. The summed E-state index contributed by atoms with van der Waals surface area (Å²) < 4.78 is 2.27. The van der Waals surface area contributed by atoms with Crippen molar-refractivity contribution in [1.82, 2.24) is 14.5 Å². The van der Waals surface area contributed by atoms with Crippen molar-refractivity contribution in [2.45, 2.75) is 52.1 Å². The number of aromatic nitrogens is 2. The van der Waals surface area contributed by atoms with Crippen LogP contribution < -0.4 is 5.73 Å². The maximum absolute atomic E-state index is 6.06. The predicted octanol–water partition coefficient (Wildman–Crippen LogP) is 2.41. The number of piperidine rings is 1. The SMILES string of the molecule is CCCn1cncc1C(CN)N1CCCC(CC)C1. The van der Waals surface area contributed by atoms with E-state index in [1.807, 2.05) is 12.5 Å². The summed E-state index contributed by atoms with van der Waals surface area (Å²) in [6.45, 7) is 8.59. The normalized spacial score (nSPS) is 22.6. The van der Waals surface area contributed by atoms with Gasteiger partial charge in [0.05, 0.1) is 18.1 Å². The first-order chi connectivity index (χ1) is 9.30. The quantitative estimate of drug-likeness (QED) is 0.858. The molecule has 0 aromatic carbocycles. The van der Waals surface area contributed by atoms with Gasteiger partial charge in [-0.25, -0.2) is 4.98 Å². The van der Waals surface area contributed by atoms with Crippen LogP contribution in [0.1, 0.15) is 51.3 Å². The number of rotatable bonds is 6. The molecule has 0 bridgehead atoms. The highest BCUT2D eigenvalue weighted by atomic mass is 15.2. The fourth-order valence-corrected chi connectivity index (χ4v) is 3.21. The Hall–Kier alpha value is -0.870. The van der Waals surface area contributed by atoms with Crippen LogP contribution in [0.4, 0.5) is 0 Å². The van der Waals surface area contributed by atoms with E-state index in [9.17, 15) is 0 Å². The molecule has 19 heavy (non-hydrogen) atoms. The molecular formula is C15H28N4. The van der Waals surface area contributed by atoms with Gasteiger partial charge in [0.1, 0.15) is 0 Å². The van der Waals surface area contributed by atoms with E-state index in [1.165, 1.54) is 38.0 Å². The molecule has 1 aliphatic heterocycles. The molecular weight excluding hydrogens is 236 g/mol. The molecule has 1 aromatic rings. The van der Waals surface area contributed by atoms with E-state index < -0.39 is 0 Å². The van der Waals surface area contributed by atoms with Crippen LogP contribution in [0.2, 0.25) is 0 Å². The molecule has 0 radical (unpaired) electrons. The van der Waals surface area contributed by atoms with Crippen LogP contribution in [0.5, 0.6) is 0 Å². The Morgan fingerprint density at radius 2 is 2.32 bits per heavy atom. The Morgan fingerprint density at radius 3 is 3.00 bits per heavy atom. The highest BCUT2D eigenvalue weighted by molar-refractivity contribution is 5.07. The van der Waals surface area contributed by atoms with Crippen LogP contribution in [0, 0.1) is 5.92 Å². The monoisotopic (exact) mass is 264 g/mol. The van der Waals surface area contributed by atoms with Gasteiger partial charge in [0, 0.05) is 25.8 Å². The summed E-state index contributed by atoms with van der Waals surface area (Å²) in [4.78, 5) is 6.89. The van der Waals surface area contributed by atoms with Gasteiger partial charge >= 0.3 is 0 Å². The molecule has 2 N–H and O–H groups in total. The number of aryl methyl sites for hydroxylation is 1. The average Bonchev–Trinajstić information content (AvgIpc) is 2.89. The molecule has 2 rings (SSSR count).